The summed E-state index contributed by atoms with van der Waals surface area (Å²) in [7, 11) is 0. The molecule has 0 aliphatic carbocycles. The molecule has 0 spiro atoms. The highest BCUT2D eigenvalue weighted by molar-refractivity contribution is 5.97. The van der Waals surface area contributed by atoms with Gasteiger partial charge in [-0.25, -0.2) is 0 Å². The van der Waals surface area contributed by atoms with Crippen molar-refractivity contribution in [1.82, 2.24) is 4.90 Å². The van der Waals surface area contributed by atoms with Crippen LogP contribution in [0.3, 0.4) is 0 Å². The molecule has 1 heterocycles. The Labute approximate surface area is 142 Å². The molecule has 4 heteroatoms. The maximum atomic E-state index is 12.8. The second kappa shape index (κ2) is 7.30. The highest BCUT2D eigenvalue weighted by Crippen LogP contribution is 2.26. The third-order valence-corrected chi connectivity index (χ3v) is 4.40. The molecule has 0 atom stereocenters. The SMILES string of the molecule is CC(=O)N(CC(=O)N1CCCc2ccccc21)Cc1ccccc1. The van der Waals surface area contributed by atoms with Crippen LogP contribution in [-0.4, -0.2) is 29.8 Å². The van der Waals surface area contributed by atoms with Crippen LogP contribution in [0.15, 0.2) is 54.6 Å². The molecule has 1 aliphatic heterocycles. The van der Waals surface area contributed by atoms with E-state index in [1.807, 2.05) is 53.4 Å². The van der Waals surface area contributed by atoms with E-state index in [1.54, 1.807) is 4.90 Å². The zero-order valence-electron chi connectivity index (χ0n) is 13.9. The molecule has 124 valence electrons. The van der Waals surface area contributed by atoms with Crippen LogP contribution in [0.2, 0.25) is 0 Å². The van der Waals surface area contributed by atoms with Gasteiger partial charge in [-0.15, -0.1) is 0 Å². The number of hydrogen-bond acceptors (Lipinski definition) is 2. The average Bonchev–Trinajstić information content (AvgIpc) is 2.61. The number of hydrogen-bond donors (Lipinski definition) is 0. The molecule has 0 fully saturated rings. The molecule has 0 bridgehead atoms. The van der Waals surface area contributed by atoms with Gasteiger partial charge in [-0.2, -0.15) is 0 Å². The first-order chi connectivity index (χ1) is 11.6. The Morgan fingerprint density at radius 2 is 1.75 bits per heavy atom. The minimum atomic E-state index is -0.0857. The number of benzene rings is 2. The molecule has 0 radical (unpaired) electrons. The number of fused-ring (bicyclic) bond motifs is 1. The average molecular weight is 322 g/mol. The number of aryl methyl sites for hydroxylation is 1. The van der Waals surface area contributed by atoms with Gasteiger partial charge >= 0.3 is 0 Å². The van der Waals surface area contributed by atoms with Crippen LogP contribution in [0.25, 0.3) is 0 Å². The topological polar surface area (TPSA) is 40.6 Å². The first-order valence-electron chi connectivity index (χ1n) is 8.33. The molecule has 0 aromatic heterocycles. The monoisotopic (exact) mass is 322 g/mol. The third kappa shape index (κ3) is 3.65. The number of para-hydroxylation sites is 1. The molecule has 1 aliphatic rings. The highest BCUT2D eigenvalue weighted by Gasteiger charge is 2.24. The quantitative estimate of drug-likeness (QED) is 0.868. The fourth-order valence-corrected chi connectivity index (χ4v) is 3.12. The van der Waals surface area contributed by atoms with Gasteiger partial charge in [0.05, 0.1) is 0 Å². The lowest BCUT2D eigenvalue weighted by Crippen LogP contribution is -2.44. The van der Waals surface area contributed by atoms with E-state index in [-0.39, 0.29) is 18.4 Å². The van der Waals surface area contributed by atoms with Crippen LogP contribution in [0.5, 0.6) is 0 Å². The van der Waals surface area contributed by atoms with Crippen LogP contribution in [0.1, 0.15) is 24.5 Å². The third-order valence-electron chi connectivity index (χ3n) is 4.40. The molecule has 0 saturated heterocycles. The number of carbonyl (C=O) groups is 2. The van der Waals surface area contributed by atoms with Crippen molar-refractivity contribution in [3.05, 3.63) is 65.7 Å². The van der Waals surface area contributed by atoms with Crippen LogP contribution in [-0.2, 0) is 22.6 Å². The van der Waals surface area contributed by atoms with Crippen molar-refractivity contribution in [3.63, 3.8) is 0 Å². The summed E-state index contributed by atoms with van der Waals surface area (Å²) < 4.78 is 0. The van der Waals surface area contributed by atoms with Crippen molar-refractivity contribution in [2.24, 2.45) is 0 Å². The van der Waals surface area contributed by atoms with E-state index in [1.165, 1.54) is 12.5 Å². The van der Waals surface area contributed by atoms with E-state index in [9.17, 15) is 9.59 Å². The Morgan fingerprint density at radius 1 is 1.04 bits per heavy atom. The van der Waals surface area contributed by atoms with E-state index in [0.717, 1.165) is 24.1 Å². The lowest BCUT2D eigenvalue weighted by Gasteiger charge is -2.31. The van der Waals surface area contributed by atoms with Gasteiger partial charge in [-0.05, 0) is 30.0 Å². The summed E-state index contributed by atoms with van der Waals surface area (Å²) in [5.41, 5.74) is 3.21. The predicted molar refractivity (Wildman–Crippen MR) is 94.6 cm³/mol. The zero-order chi connectivity index (χ0) is 16.9. The number of anilines is 1. The van der Waals surface area contributed by atoms with Crippen molar-refractivity contribution in [3.8, 4) is 0 Å². The summed E-state index contributed by atoms with van der Waals surface area (Å²) in [4.78, 5) is 28.2. The smallest absolute Gasteiger partial charge is 0.246 e. The molecule has 24 heavy (non-hydrogen) atoms. The summed E-state index contributed by atoms with van der Waals surface area (Å²) in [5, 5.41) is 0. The zero-order valence-corrected chi connectivity index (χ0v) is 13.9. The van der Waals surface area contributed by atoms with Gasteiger partial charge in [-0.3, -0.25) is 9.59 Å². The van der Waals surface area contributed by atoms with Gasteiger partial charge in [0.2, 0.25) is 11.8 Å². The Hall–Kier alpha value is -2.62. The summed E-state index contributed by atoms with van der Waals surface area (Å²) >= 11 is 0. The van der Waals surface area contributed by atoms with Crippen molar-refractivity contribution < 1.29 is 9.59 Å². The second-order valence-electron chi connectivity index (χ2n) is 6.14. The molecule has 3 rings (SSSR count). The maximum Gasteiger partial charge on any atom is 0.246 e. The van der Waals surface area contributed by atoms with Crippen LogP contribution < -0.4 is 4.90 Å². The molecular formula is C20H22N2O2. The van der Waals surface area contributed by atoms with Crippen LogP contribution in [0.4, 0.5) is 5.69 Å². The molecule has 2 amide bonds. The van der Waals surface area contributed by atoms with Gasteiger partial charge in [0, 0.05) is 25.7 Å². The number of nitrogens with zero attached hydrogens (tertiary/aromatic N) is 2. The summed E-state index contributed by atoms with van der Waals surface area (Å²) in [6.07, 6.45) is 1.96. The number of rotatable bonds is 4. The largest absolute Gasteiger partial charge is 0.329 e. The minimum absolute atomic E-state index is 0.0201. The second-order valence-corrected chi connectivity index (χ2v) is 6.14. The van der Waals surface area contributed by atoms with Crippen molar-refractivity contribution >= 4 is 17.5 Å². The molecular weight excluding hydrogens is 300 g/mol. The fraction of sp³-hybridized carbons (Fsp3) is 0.300. The maximum absolute atomic E-state index is 12.8. The lowest BCUT2D eigenvalue weighted by molar-refractivity contribution is -0.134. The number of amides is 2. The summed E-state index contributed by atoms with van der Waals surface area (Å²) in [6, 6.07) is 17.8. The molecule has 0 unspecified atom stereocenters. The molecule has 4 nitrogen and oxygen atoms in total. The predicted octanol–water partition coefficient (Wildman–Crippen LogP) is 3.01. The Bertz CT molecular complexity index is 727. The lowest BCUT2D eigenvalue weighted by atomic mass is 10.0. The van der Waals surface area contributed by atoms with E-state index in [0.29, 0.717) is 13.1 Å². The van der Waals surface area contributed by atoms with Gasteiger partial charge < -0.3 is 9.80 Å². The van der Waals surface area contributed by atoms with Crippen molar-refractivity contribution in [2.75, 3.05) is 18.0 Å². The van der Waals surface area contributed by atoms with Gasteiger partial charge in [0.25, 0.3) is 0 Å². The molecule has 2 aromatic rings. The first-order valence-corrected chi connectivity index (χ1v) is 8.33. The standard InChI is InChI=1S/C20H22N2O2/c1-16(23)21(14-17-8-3-2-4-9-17)15-20(24)22-13-7-11-18-10-5-6-12-19(18)22/h2-6,8-10,12H,7,11,13-15H2,1H3. The van der Waals surface area contributed by atoms with E-state index in [4.69, 9.17) is 0 Å². The van der Waals surface area contributed by atoms with Crippen molar-refractivity contribution in [2.45, 2.75) is 26.3 Å². The Balaban J connectivity index is 1.74. The number of carbonyl (C=O) groups excluding carboxylic acids is 2. The first kappa shape index (κ1) is 16.2. The van der Waals surface area contributed by atoms with Crippen LogP contribution >= 0.6 is 0 Å². The van der Waals surface area contributed by atoms with Crippen LogP contribution in [0, 0.1) is 0 Å². The Morgan fingerprint density at radius 3 is 2.50 bits per heavy atom. The normalized spacial score (nSPS) is 13.3. The van der Waals surface area contributed by atoms with Gasteiger partial charge in [-0.1, -0.05) is 48.5 Å². The highest BCUT2D eigenvalue weighted by atomic mass is 16.2. The summed E-state index contributed by atoms with van der Waals surface area (Å²) in [5.74, 6) is -0.106. The minimum Gasteiger partial charge on any atom is -0.329 e. The summed E-state index contributed by atoms with van der Waals surface area (Å²) in [6.45, 7) is 2.79. The van der Waals surface area contributed by atoms with E-state index >= 15 is 0 Å². The molecule has 0 N–H and O–H groups in total. The Kier molecular flexibility index (Phi) is 4.94. The van der Waals surface area contributed by atoms with Gasteiger partial charge in [0.15, 0.2) is 0 Å². The van der Waals surface area contributed by atoms with E-state index < -0.39 is 0 Å². The van der Waals surface area contributed by atoms with E-state index in [2.05, 4.69) is 6.07 Å². The molecule has 2 aromatic carbocycles. The van der Waals surface area contributed by atoms with Crippen molar-refractivity contribution in [1.29, 1.82) is 0 Å². The van der Waals surface area contributed by atoms with Gasteiger partial charge in [0.1, 0.15) is 6.54 Å². The fourth-order valence-electron chi connectivity index (χ4n) is 3.12. The molecule has 0 saturated carbocycles.